The Balaban J connectivity index is 2.46. The van der Waals surface area contributed by atoms with Gasteiger partial charge in [-0.1, -0.05) is 0 Å². The Morgan fingerprint density at radius 2 is 1.88 bits per heavy atom. The van der Waals surface area contributed by atoms with Crippen LogP contribution in [0.25, 0.3) is 0 Å². The zero-order chi connectivity index (χ0) is 12.3. The van der Waals surface area contributed by atoms with Crippen molar-refractivity contribution in [2.45, 2.75) is 32.0 Å². The number of alkyl halides is 3. The van der Waals surface area contributed by atoms with Crippen LogP contribution in [0.5, 0.6) is 0 Å². The van der Waals surface area contributed by atoms with Crippen molar-refractivity contribution in [3.63, 3.8) is 0 Å². The number of hydrogen-bond donors (Lipinski definition) is 0. The number of carbonyl (C=O) groups is 1. The van der Waals surface area contributed by atoms with Crippen molar-refractivity contribution in [1.29, 1.82) is 0 Å². The third-order valence-corrected chi connectivity index (χ3v) is 2.97. The Morgan fingerprint density at radius 3 is 2.25 bits per heavy atom. The molecule has 0 aromatic heterocycles. The lowest BCUT2D eigenvalue weighted by Crippen LogP contribution is -2.45. The van der Waals surface area contributed by atoms with Gasteiger partial charge in [0.15, 0.2) is 0 Å². The van der Waals surface area contributed by atoms with Gasteiger partial charge in [-0.25, -0.2) is 0 Å². The molecule has 3 nitrogen and oxygen atoms in total. The van der Waals surface area contributed by atoms with Crippen LogP contribution in [0.15, 0.2) is 0 Å². The number of ether oxygens (including phenoxy) is 1. The Kier molecular flexibility index (Phi) is 4.18. The first-order valence-corrected chi connectivity index (χ1v) is 5.24. The first-order chi connectivity index (χ1) is 7.36. The topological polar surface area (TPSA) is 29.5 Å². The Bertz CT molecular complexity index is 247. The van der Waals surface area contributed by atoms with E-state index < -0.39 is 18.2 Å². The van der Waals surface area contributed by atoms with E-state index in [1.807, 2.05) is 0 Å². The molecule has 1 rings (SSSR count). The van der Waals surface area contributed by atoms with E-state index >= 15 is 0 Å². The number of halogens is 3. The van der Waals surface area contributed by atoms with Crippen LogP contribution in [0.2, 0.25) is 0 Å². The van der Waals surface area contributed by atoms with Gasteiger partial charge < -0.3 is 9.64 Å². The molecular weight excluding hydrogens is 223 g/mol. The van der Waals surface area contributed by atoms with Crippen LogP contribution in [0.3, 0.4) is 0 Å². The summed E-state index contributed by atoms with van der Waals surface area (Å²) in [4.78, 5) is 13.0. The molecule has 0 radical (unpaired) electrons. The normalized spacial score (nSPS) is 20.9. The Labute approximate surface area is 92.5 Å². The van der Waals surface area contributed by atoms with Gasteiger partial charge in [0.2, 0.25) is 0 Å². The zero-order valence-electron chi connectivity index (χ0n) is 9.38. The zero-order valence-corrected chi connectivity index (χ0v) is 9.38. The van der Waals surface area contributed by atoms with E-state index in [9.17, 15) is 18.0 Å². The van der Waals surface area contributed by atoms with Crippen molar-refractivity contribution in [2.75, 3.05) is 20.2 Å². The van der Waals surface area contributed by atoms with Gasteiger partial charge in [0, 0.05) is 20.2 Å². The van der Waals surface area contributed by atoms with Crippen molar-refractivity contribution in [1.82, 2.24) is 4.90 Å². The third-order valence-electron chi connectivity index (χ3n) is 2.97. The van der Waals surface area contributed by atoms with Gasteiger partial charge in [-0.2, -0.15) is 13.2 Å². The number of carbonyl (C=O) groups excluding carboxylic acids is 1. The smallest absolute Gasteiger partial charge is 0.372 e. The Hall–Kier alpha value is -0.780. The average molecular weight is 239 g/mol. The lowest BCUT2D eigenvalue weighted by molar-refractivity contribution is -0.187. The van der Waals surface area contributed by atoms with Crippen LogP contribution in [0.4, 0.5) is 13.2 Å². The van der Waals surface area contributed by atoms with Crippen LogP contribution in [0, 0.1) is 5.92 Å². The Morgan fingerprint density at radius 1 is 1.38 bits per heavy atom. The maximum absolute atomic E-state index is 12.4. The highest BCUT2D eigenvalue weighted by Crippen LogP contribution is 2.34. The minimum atomic E-state index is -4.14. The summed E-state index contributed by atoms with van der Waals surface area (Å²) in [5.74, 6) is -1.50. The number of methoxy groups -OCH3 is 1. The van der Waals surface area contributed by atoms with Crippen molar-refractivity contribution >= 4 is 5.91 Å². The highest BCUT2D eigenvalue weighted by Gasteiger charge is 2.42. The number of likely N-dealkylation sites (tertiary alicyclic amines) is 1. The van der Waals surface area contributed by atoms with Gasteiger partial charge in [-0.3, -0.25) is 4.79 Å². The molecule has 0 aromatic carbocycles. The van der Waals surface area contributed by atoms with E-state index in [0.29, 0.717) is 0 Å². The van der Waals surface area contributed by atoms with Gasteiger partial charge >= 0.3 is 6.18 Å². The molecule has 16 heavy (non-hydrogen) atoms. The SMILES string of the molecule is COC(C)C(=O)N1CCC(C(F)(F)F)CC1. The first-order valence-electron chi connectivity index (χ1n) is 5.24. The highest BCUT2D eigenvalue weighted by molar-refractivity contribution is 5.80. The molecule has 1 atom stereocenters. The van der Waals surface area contributed by atoms with Gasteiger partial charge in [0.25, 0.3) is 5.91 Å². The minimum Gasteiger partial charge on any atom is -0.372 e. The predicted molar refractivity (Wildman–Crippen MR) is 51.8 cm³/mol. The summed E-state index contributed by atoms with van der Waals surface area (Å²) < 4.78 is 41.9. The van der Waals surface area contributed by atoms with E-state index in [-0.39, 0.29) is 31.8 Å². The molecule has 6 heteroatoms. The standard InChI is InChI=1S/C10H16F3NO2/c1-7(16-2)9(15)14-5-3-8(4-6-14)10(11,12)13/h7-8H,3-6H2,1-2H3. The van der Waals surface area contributed by atoms with E-state index in [2.05, 4.69) is 0 Å². The van der Waals surface area contributed by atoms with Crippen molar-refractivity contribution in [3.8, 4) is 0 Å². The van der Waals surface area contributed by atoms with Crippen LogP contribution >= 0.6 is 0 Å². The highest BCUT2D eigenvalue weighted by atomic mass is 19.4. The summed E-state index contributed by atoms with van der Waals surface area (Å²) in [5.41, 5.74) is 0. The summed E-state index contributed by atoms with van der Waals surface area (Å²) in [6.07, 6.45) is -4.73. The molecule has 1 heterocycles. The van der Waals surface area contributed by atoms with Gasteiger partial charge in [0.1, 0.15) is 6.10 Å². The van der Waals surface area contributed by atoms with E-state index in [4.69, 9.17) is 4.74 Å². The average Bonchev–Trinajstić information content (AvgIpc) is 2.26. The largest absolute Gasteiger partial charge is 0.391 e. The maximum Gasteiger partial charge on any atom is 0.391 e. The van der Waals surface area contributed by atoms with Crippen LogP contribution in [-0.2, 0) is 9.53 Å². The molecule has 1 aliphatic rings. The third kappa shape index (κ3) is 3.10. The van der Waals surface area contributed by atoms with Gasteiger partial charge in [-0.15, -0.1) is 0 Å². The number of hydrogen-bond acceptors (Lipinski definition) is 2. The quantitative estimate of drug-likeness (QED) is 0.735. The lowest BCUT2D eigenvalue weighted by atomic mass is 9.96. The monoisotopic (exact) mass is 239 g/mol. The summed E-state index contributed by atoms with van der Waals surface area (Å²) in [6.45, 7) is 1.92. The number of rotatable bonds is 2. The molecule has 0 N–H and O–H groups in total. The van der Waals surface area contributed by atoms with Gasteiger partial charge in [-0.05, 0) is 19.8 Å². The fraction of sp³-hybridized carbons (Fsp3) is 0.900. The summed E-state index contributed by atoms with van der Waals surface area (Å²) >= 11 is 0. The molecule has 1 fully saturated rings. The number of nitrogens with zero attached hydrogens (tertiary/aromatic N) is 1. The van der Waals surface area contributed by atoms with Crippen LogP contribution in [0.1, 0.15) is 19.8 Å². The molecule has 1 saturated heterocycles. The van der Waals surface area contributed by atoms with Crippen molar-refractivity contribution in [2.24, 2.45) is 5.92 Å². The molecule has 0 spiro atoms. The minimum absolute atomic E-state index is 0.00826. The fourth-order valence-corrected chi connectivity index (χ4v) is 1.79. The summed E-state index contributed by atoms with van der Waals surface area (Å²) in [5, 5.41) is 0. The second kappa shape index (κ2) is 5.03. The predicted octanol–water partition coefficient (Wildman–Crippen LogP) is 1.82. The molecule has 94 valence electrons. The van der Waals surface area contributed by atoms with E-state index in [0.717, 1.165) is 0 Å². The molecule has 1 amide bonds. The molecule has 0 aromatic rings. The molecule has 0 bridgehead atoms. The molecule has 0 aliphatic carbocycles. The van der Waals surface area contributed by atoms with E-state index in [1.54, 1.807) is 6.92 Å². The molecule has 1 unspecified atom stereocenters. The summed E-state index contributed by atoms with van der Waals surface area (Å²) in [6, 6.07) is 0. The van der Waals surface area contributed by atoms with Gasteiger partial charge in [0.05, 0.1) is 5.92 Å². The second-order valence-electron chi connectivity index (χ2n) is 4.02. The lowest BCUT2D eigenvalue weighted by Gasteiger charge is -2.34. The first kappa shape index (κ1) is 13.3. The maximum atomic E-state index is 12.4. The van der Waals surface area contributed by atoms with Crippen LogP contribution < -0.4 is 0 Å². The number of piperidine rings is 1. The summed E-state index contributed by atoms with van der Waals surface area (Å²) in [7, 11) is 1.41. The molecule has 1 aliphatic heterocycles. The second-order valence-corrected chi connectivity index (χ2v) is 4.02. The molecular formula is C10H16F3NO2. The molecule has 0 saturated carbocycles. The fourth-order valence-electron chi connectivity index (χ4n) is 1.79. The van der Waals surface area contributed by atoms with Crippen molar-refractivity contribution < 1.29 is 22.7 Å². The van der Waals surface area contributed by atoms with Crippen molar-refractivity contribution in [3.05, 3.63) is 0 Å². The number of amides is 1. The van der Waals surface area contributed by atoms with E-state index in [1.165, 1.54) is 12.0 Å². The van der Waals surface area contributed by atoms with Crippen LogP contribution in [-0.4, -0.2) is 43.3 Å².